The number of benzene rings is 1. The van der Waals surface area contributed by atoms with E-state index in [4.69, 9.17) is 4.74 Å². The van der Waals surface area contributed by atoms with Crippen molar-refractivity contribution >= 4 is 5.91 Å². The van der Waals surface area contributed by atoms with E-state index in [2.05, 4.69) is 10.6 Å². The summed E-state index contributed by atoms with van der Waals surface area (Å²) in [6.45, 7) is 2.92. The molecular formula is C15H22N2O2. The molecule has 4 heteroatoms. The van der Waals surface area contributed by atoms with Gasteiger partial charge in [0.1, 0.15) is 5.75 Å². The van der Waals surface area contributed by atoms with Crippen LogP contribution in [-0.4, -0.2) is 25.6 Å². The van der Waals surface area contributed by atoms with E-state index in [0.29, 0.717) is 0 Å². The van der Waals surface area contributed by atoms with E-state index in [1.54, 1.807) is 7.11 Å². The number of ether oxygens (including phenoxy) is 1. The molecule has 1 aliphatic heterocycles. The van der Waals surface area contributed by atoms with Gasteiger partial charge in [0, 0.05) is 5.56 Å². The van der Waals surface area contributed by atoms with E-state index >= 15 is 0 Å². The maximum Gasteiger partial charge on any atom is 0.237 e. The number of nitrogens with one attached hydrogen (secondary N) is 2. The number of hydrogen-bond acceptors (Lipinski definition) is 3. The van der Waals surface area contributed by atoms with Gasteiger partial charge in [-0.25, -0.2) is 0 Å². The summed E-state index contributed by atoms with van der Waals surface area (Å²) in [5, 5.41) is 6.32. The normalized spacial score (nSPS) is 20.6. The van der Waals surface area contributed by atoms with E-state index in [0.717, 1.165) is 37.1 Å². The summed E-state index contributed by atoms with van der Waals surface area (Å²) in [5.41, 5.74) is 1.01. The molecule has 1 aromatic carbocycles. The standard InChI is InChI=1S/C15H22N2O2/c1-11(12-7-3-4-9-14(12)19-2)17-15(18)13-8-5-6-10-16-13/h3-4,7,9,11,13,16H,5-6,8,10H2,1-2H3,(H,17,18)/t11?,13-/m1/s1. The number of hydrogen-bond donors (Lipinski definition) is 2. The average molecular weight is 262 g/mol. The van der Waals surface area contributed by atoms with E-state index in [1.807, 2.05) is 31.2 Å². The van der Waals surface area contributed by atoms with Gasteiger partial charge in [-0.1, -0.05) is 24.6 Å². The molecule has 1 heterocycles. The van der Waals surface area contributed by atoms with E-state index in [1.165, 1.54) is 0 Å². The minimum absolute atomic E-state index is 0.0487. The molecule has 0 bridgehead atoms. The molecule has 0 aromatic heterocycles. The molecule has 1 amide bonds. The summed E-state index contributed by atoms with van der Waals surface area (Å²) in [7, 11) is 1.65. The fraction of sp³-hybridized carbons (Fsp3) is 0.533. The number of carbonyl (C=O) groups is 1. The van der Waals surface area contributed by atoms with E-state index < -0.39 is 0 Å². The summed E-state index contributed by atoms with van der Waals surface area (Å²) < 4.78 is 5.33. The maximum absolute atomic E-state index is 12.2. The lowest BCUT2D eigenvalue weighted by molar-refractivity contribution is -0.124. The molecule has 104 valence electrons. The quantitative estimate of drug-likeness (QED) is 0.872. The molecule has 4 nitrogen and oxygen atoms in total. The first-order valence-corrected chi connectivity index (χ1v) is 6.89. The van der Waals surface area contributed by atoms with Crippen molar-refractivity contribution in [2.45, 2.75) is 38.3 Å². The number of methoxy groups -OCH3 is 1. The van der Waals surface area contributed by atoms with Gasteiger partial charge in [0.05, 0.1) is 19.2 Å². The monoisotopic (exact) mass is 262 g/mol. The number of piperidine rings is 1. The smallest absolute Gasteiger partial charge is 0.237 e. The highest BCUT2D eigenvalue weighted by molar-refractivity contribution is 5.82. The first kappa shape index (κ1) is 13.9. The molecule has 2 N–H and O–H groups in total. The number of amides is 1. The van der Waals surface area contributed by atoms with Crippen LogP contribution in [-0.2, 0) is 4.79 Å². The van der Waals surface area contributed by atoms with Crippen molar-refractivity contribution in [2.75, 3.05) is 13.7 Å². The molecule has 1 saturated heterocycles. The Bertz CT molecular complexity index is 428. The van der Waals surface area contributed by atoms with Gasteiger partial charge in [-0.05, 0) is 32.4 Å². The highest BCUT2D eigenvalue weighted by Crippen LogP contribution is 2.24. The van der Waals surface area contributed by atoms with Crippen molar-refractivity contribution in [1.29, 1.82) is 0 Å². The lowest BCUT2D eigenvalue weighted by Gasteiger charge is -2.25. The molecule has 19 heavy (non-hydrogen) atoms. The Morgan fingerprint density at radius 1 is 1.42 bits per heavy atom. The van der Waals surface area contributed by atoms with Crippen LogP contribution in [0.5, 0.6) is 5.75 Å². The van der Waals surface area contributed by atoms with Crippen LogP contribution in [0.2, 0.25) is 0 Å². The zero-order valence-electron chi connectivity index (χ0n) is 11.6. The third-order valence-electron chi connectivity index (χ3n) is 3.59. The fourth-order valence-corrected chi connectivity index (χ4v) is 2.49. The minimum Gasteiger partial charge on any atom is -0.496 e. The van der Waals surface area contributed by atoms with Gasteiger partial charge in [-0.3, -0.25) is 4.79 Å². The molecule has 1 unspecified atom stereocenters. The van der Waals surface area contributed by atoms with Crippen LogP contribution >= 0.6 is 0 Å². The fourth-order valence-electron chi connectivity index (χ4n) is 2.49. The molecule has 1 fully saturated rings. The van der Waals surface area contributed by atoms with Crippen LogP contribution in [0.3, 0.4) is 0 Å². The molecule has 0 radical (unpaired) electrons. The first-order valence-electron chi connectivity index (χ1n) is 6.89. The van der Waals surface area contributed by atoms with Crippen LogP contribution in [0.4, 0.5) is 0 Å². The van der Waals surface area contributed by atoms with E-state index in [9.17, 15) is 4.79 Å². The predicted molar refractivity (Wildman–Crippen MR) is 75.2 cm³/mol. The average Bonchev–Trinajstić information content (AvgIpc) is 2.48. The Morgan fingerprint density at radius 3 is 2.89 bits per heavy atom. The van der Waals surface area contributed by atoms with E-state index in [-0.39, 0.29) is 18.0 Å². The van der Waals surface area contributed by atoms with Gasteiger partial charge in [0.25, 0.3) is 0 Å². The number of rotatable bonds is 4. The van der Waals surface area contributed by atoms with Gasteiger partial charge in [0.15, 0.2) is 0 Å². The highest BCUT2D eigenvalue weighted by Gasteiger charge is 2.22. The molecule has 0 spiro atoms. The minimum atomic E-state index is -0.0501. The van der Waals surface area contributed by atoms with Crippen LogP contribution in [0.25, 0.3) is 0 Å². The summed E-state index contributed by atoms with van der Waals surface area (Å²) in [6.07, 6.45) is 3.20. The van der Waals surface area contributed by atoms with Crippen molar-refractivity contribution in [3.05, 3.63) is 29.8 Å². The Labute approximate surface area is 114 Å². The van der Waals surface area contributed by atoms with Crippen LogP contribution in [0, 0.1) is 0 Å². The van der Waals surface area contributed by atoms with Gasteiger partial charge in [-0.15, -0.1) is 0 Å². The summed E-state index contributed by atoms with van der Waals surface area (Å²) in [6, 6.07) is 7.69. The number of para-hydroxylation sites is 1. The van der Waals surface area contributed by atoms with Crippen molar-refractivity contribution in [1.82, 2.24) is 10.6 Å². The Hall–Kier alpha value is -1.55. The molecule has 0 saturated carbocycles. The third-order valence-corrected chi connectivity index (χ3v) is 3.59. The Balaban J connectivity index is 1.99. The lowest BCUT2D eigenvalue weighted by Crippen LogP contribution is -2.47. The van der Waals surface area contributed by atoms with Crippen molar-refractivity contribution in [2.24, 2.45) is 0 Å². The first-order chi connectivity index (χ1) is 9.22. The van der Waals surface area contributed by atoms with Gasteiger partial charge in [0.2, 0.25) is 5.91 Å². The topological polar surface area (TPSA) is 50.4 Å². The molecule has 2 atom stereocenters. The van der Waals surface area contributed by atoms with Gasteiger partial charge in [-0.2, -0.15) is 0 Å². The van der Waals surface area contributed by atoms with Crippen molar-refractivity contribution in [3.63, 3.8) is 0 Å². The maximum atomic E-state index is 12.2. The van der Waals surface area contributed by atoms with Crippen LogP contribution in [0.1, 0.15) is 37.8 Å². The highest BCUT2D eigenvalue weighted by atomic mass is 16.5. The summed E-state index contributed by atoms with van der Waals surface area (Å²) in [4.78, 5) is 12.2. The largest absolute Gasteiger partial charge is 0.496 e. The second kappa shape index (κ2) is 6.57. The Kier molecular flexibility index (Phi) is 4.80. The van der Waals surface area contributed by atoms with Gasteiger partial charge >= 0.3 is 0 Å². The second-order valence-electron chi connectivity index (χ2n) is 4.97. The zero-order valence-corrected chi connectivity index (χ0v) is 11.6. The van der Waals surface area contributed by atoms with Crippen molar-refractivity contribution < 1.29 is 9.53 Å². The van der Waals surface area contributed by atoms with Crippen LogP contribution in [0.15, 0.2) is 24.3 Å². The lowest BCUT2D eigenvalue weighted by atomic mass is 10.0. The molecule has 2 rings (SSSR count). The molecule has 1 aliphatic rings. The molecular weight excluding hydrogens is 240 g/mol. The van der Waals surface area contributed by atoms with Crippen LogP contribution < -0.4 is 15.4 Å². The number of carbonyl (C=O) groups excluding carboxylic acids is 1. The predicted octanol–water partition coefficient (Wildman–Crippen LogP) is 2.01. The summed E-state index contributed by atoms with van der Waals surface area (Å²) in [5.74, 6) is 0.894. The third kappa shape index (κ3) is 3.47. The molecule has 0 aliphatic carbocycles. The SMILES string of the molecule is COc1ccccc1C(C)NC(=O)[C@H]1CCCCN1. The molecule has 1 aromatic rings. The summed E-state index contributed by atoms with van der Waals surface area (Å²) >= 11 is 0. The Morgan fingerprint density at radius 2 is 2.21 bits per heavy atom. The van der Waals surface area contributed by atoms with Crippen molar-refractivity contribution in [3.8, 4) is 5.75 Å². The zero-order chi connectivity index (χ0) is 13.7. The second-order valence-corrected chi connectivity index (χ2v) is 4.97. The van der Waals surface area contributed by atoms with Gasteiger partial charge < -0.3 is 15.4 Å².